The molecule has 1 unspecified atom stereocenters. The van der Waals surface area contributed by atoms with E-state index in [1.165, 1.54) is 0 Å². The monoisotopic (exact) mass is 428 g/mol. The Morgan fingerprint density at radius 2 is 1.81 bits per heavy atom. The van der Waals surface area contributed by atoms with E-state index in [9.17, 15) is 14.7 Å². The largest absolute Gasteiger partial charge is 0.536 e. The van der Waals surface area contributed by atoms with E-state index in [2.05, 4.69) is 6.92 Å². The third kappa shape index (κ3) is 5.59. The smallest absolute Gasteiger partial charge is 0.526 e. The average molecular weight is 428 g/mol. The van der Waals surface area contributed by atoms with E-state index in [0.717, 1.165) is 24.0 Å². The van der Waals surface area contributed by atoms with Crippen LogP contribution >= 0.6 is 0 Å². The summed E-state index contributed by atoms with van der Waals surface area (Å²) in [5.41, 5.74) is 1.06. The maximum absolute atomic E-state index is 13.8. The van der Waals surface area contributed by atoms with Gasteiger partial charge in [-0.15, -0.1) is 0 Å². The second kappa shape index (κ2) is 10.5. The normalized spacial score (nSPS) is 20.8. The second-order valence-electron chi connectivity index (χ2n) is 9.49. The van der Waals surface area contributed by atoms with Crippen LogP contribution in [0.15, 0.2) is 46.0 Å². The molecule has 2 rings (SSSR count). The topological polar surface area (TPSA) is 72.8 Å². The van der Waals surface area contributed by atoms with Crippen LogP contribution in [0.25, 0.3) is 0 Å². The first kappa shape index (κ1) is 25.2. The molecule has 0 spiro atoms. The summed E-state index contributed by atoms with van der Waals surface area (Å²) in [5.74, 6) is -0.645. The molecule has 1 fully saturated rings. The third-order valence-electron chi connectivity index (χ3n) is 5.52. The molecule has 2 aliphatic rings. The standard InChI is InChI=1S/C25H37BO5/c1-8-9-14-26-30-24-19(11-10-16(2)3)22(28)21(20(27)15-18(6)7)23(29)25(24,31-26)13-12-17(4)5/h10,12,18,28H,8-9,11,13-15H2,1-7H3. The first-order valence-electron chi connectivity index (χ1n) is 11.4. The number of Topliss-reactive ketones (excluding diaryl/α,β-unsaturated/α-hetero) is 2. The quantitative estimate of drug-likeness (QED) is 0.261. The minimum absolute atomic E-state index is 0.0685. The Morgan fingerprint density at radius 1 is 1.16 bits per heavy atom. The van der Waals surface area contributed by atoms with Gasteiger partial charge in [-0.1, -0.05) is 56.9 Å². The number of rotatable bonds is 10. The van der Waals surface area contributed by atoms with Crippen molar-refractivity contribution >= 4 is 18.7 Å². The zero-order valence-electron chi connectivity index (χ0n) is 20.1. The van der Waals surface area contributed by atoms with Gasteiger partial charge in [0.05, 0.1) is 0 Å². The molecule has 0 aromatic heterocycles. The van der Waals surface area contributed by atoms with Gasteiger partial charge in [0, 0.05) is 18.4 Å². The Balaban J connectivity index is 2.68. The number of allylic oxidation sites excluding steroid dienone is 4. The summed E-state index contributed by atoms with van der Waals surface area (Å²) < 4.78 is 12.5. The lowest BCUT2D eigenvalue weighted by molar-refractivity contribution is -0.130. The number of carbonyl (C=O) groups excluding carboxylic acids is 2. The van der Waals surface area contributed by atoms with E-state index in [1.54, 1.807) is 0 Å². The highest BCUT2D eigenvalue weighted by molar-refractivity contribution is 6.47. The van der Waals surface area contributed by atoms with Crippen molar-refractivity contribution in [3.63, 3.8) is 0 Å². The van der Waals surface area contributed by atoms with Gasteiger partial charge in [0.2, 0.25) is 5.78 Å². The Bertz CT molecular complexity index is 838. The van der Waals surface area contributed by atoms with Gasteiger partial charge in [-0.2, -0.15) is 0 Å². The molecule has 0 radical (unpaired) electrons. The van der Waals surface area contributed by atoms with Crippen LogP contribution in [0.3, 0.4) is 0 Å². The predicted molar refractivity (Wildman–Crippen MR) is 125 cm³/mol. The van der Waals surface area contributed by atoms with Crippen molar-refractivity contribution < 1.29 is 24.0 Å². The van der Waals surface area contributed by atoms with Crippen molar-refractivity contribution in [3.05, 3.63) is 46.0 Å². The van der Waals surface area contributed by atoms with Gasteiger partial charge in [-0.25, -0.2) is 0 Å². The number of ketones is 2. The maximum Gasteiger partial charge on any atom is 0.526 e. The minimum atomic E-state index is -1.39. The molecule has 0 amide bonds. The molecule has 0 aromatic carbocycles. The molecular formula is C25H37BO5. The van der Waals surface area contributed by atoms with Crippen molar-refractivity contribution in [2.45, 2.75) is 92.5 Å². The number of aliphatic hydroxyl groups is 1. The van der Waals surface area contributed by atoms with E-state index in [1.807, 2.05) is 53.7 Å². The summed E-state index contributed by atoms with van der Waals surface area (Å²) in [5, 5.41) is 11.1. The van der Waals surface area contributed by atoms with Crippen molar-refractivity contribution in [2.24, 2.45) is 5.92 Å². The van der Waals surface area contributed by atoms with Crippen LogP contribution in [0.1, 0.15) is 80.6 Å². The molecule has 6 heteroatoms. The summed E-state index contributed by atoms with van der Waals surface area (Å²) in [4.78, 5) is 26.8. The van der Waals surface area contributed by atoms with E-state index < -0.39 is 18.5 Å². The second-order valence-corrected chi connectivity index (χ2v) is 9.49. The molecule has 5 nitrogen and oxygen atoms in total. The summed E-state index contributed by atoms with van der Waals surface area (Å²) >= 11 is 0. The highest BCUT2D eigenvalue weighted by atomic mass is 16.7. The van der Waals surface area contributed by atoms with Gasteiger partial charge < -0.3 is 14.4 Å². The molecule has 1 aliphatic heterocycles. The lowest BCUT2D eigenvalue weighted by Crippen LogP contribution is -2.46. The number of unbranched alkanes of at least 4 members (excludes halogenated alkanes) is 1. The highest BCUT2D eigenvalue weighted by Gasteiger charge is 2.59. The summed E-state index contributed by atoms with van der Waals surface area (Å²) in [6, 6.07) is 0. The lowest BCUT2D eigenvalue weighted by atomic mass is 9.76. The molecule has 1 N–H and O–H groups in total. The van der Waals surface area contributed by atoms with Crippen LogP contribution in [0.5, 0.6) is 0 Å². The van der Waals surface area contributed by atoms with Gasteiger partial charge in [0.25, 0.3) is 0 Å². The van der Waals surface area contributed by atoms with Crippen LogP contribution in [-0.2, 0) is 18.9 Å². The first-order valence-corrected chi connectivity index (χ1v) is 11.4. The minimum Gasteiger partial charge on any atom is -0.536 e. The van der Waals surface area contributed by atoms with E-state index >= 15 is 0 Å². The fraction of sp³-hybridized carbons (Fsp3) is 0.600. The van der Waals surface area contributed by atoms with Crippen molar-refractivity contribution in [2.75, 3.05) is 0 Å². The van der Waals surface area contributed by atoms with Crippen molar-refractivity contribution in [3.8, 4) is 0 Å². The average Bonchev–Trinajstić information content (AvgIpc) is 3.04. The number of aliphatic hydroxyl groups excluding tert-OH is 1. The van der Waals surface area contributed by atoms with Crippen LogP contribution in [-0.4, -0.2) is 29.4 Å². The number of carbonyl (C=O) groups is 2. The fourth-order valence-corrected chi connectivity index (χ4v) is 3.87. The Kier molecular flexibility index (Phi) is 8.53. The van der Waals surface area contributed by atoms with E-state index in [0.29, 0.717) is 24.1 Å². The van der Waals surface area contributed by atoms with Gasteiger partial charge in [0.1, 0.15) is 17.1 Å². The van der Waals surface area contributed by atoms with Crippen LogP contribution < -0.4 is 0 Å². The van der Waals surface area contributed by atoms with Crippen LogP contribution in [0.2, 0.25) is 6.32 Å². The van der Waals surface area contributed by atoms with Crippen LogP contribution in [0.4, 0.5) is 0 Å². The predicted octanol–water partition coefficient (Wildman–Crippen LogP) is 6.04. The molecule has 0 saturated carbocycles. The summed E-state index contributed by atoms with van der Waals surface area (Å²) in [6.07, 6.45) is 7.26. The van der Waals surface area contributed by atoms with Gasteiger partial charge >= 0.3 is 7.12 Å². The Labute approximate surface area is 187 Å². The third-order valence-corrected chi connectivity index (χ3v) is 5.52. The van der Waals surface area contributed by atoms with E-state index in [-0.39, 0.29) is 35.9 Å². The highest BCUT2D eigenvalue weighted by Crippen LogP contribution is 2.47. The molecule has 0 aromatic rings. The molecule has 1 saturated heterocycles. The number of fused-ring (bicyclic) bond motifs is 1. The molecule has 1 atom stereocenters. The van der Waals surface area contributed by atoms with Crippen molar-refractivity contribution in [1.82, 2.24) is 0 Å². The van der Waals surface area contributed by atoms with Crippen molar-refractivity contribution in [1.29, 1.82) is 0 Å². The molecule has 0 bridgehead atoms. The van der Waals surface area contributed by atoms with Gasteiger partial charge in [-0.3, -0.25) is 9.59 Å². The van der Waals surface area contributed by atoms with Gasteiger partial charge in [0.15, 0.2) is 11.4 Å². The van der Waals surface area contributed by atoms with Gasteiger partial charge in [-0.05, 0) is 46.4 Å². The van der Waals surface area contributed by atoms with Crippen LogP contribution in [0, 0.1) is 5.92 Å². The number of hydrogen-bond acceptors (Lipinski definition) is 5. The molecular weight excluding hydrogens is 391 g/mol. The van der Waals surface area contributed by atoms with E-state index in [4.69, 9.17) is 9.31 Å². The molecule has 1 heterocycles. The Hall–Kier alpha value is -2.08. The molecule has 31 heavy (non-hydrogen) atoms. The maximum atomic E-state index is 13.8. The SMILES string of the molecule is CCCCB1OC2=C(CC=C(C)C)C(O)=C(C(=O)CC(C)C)C(=O)C2(CC=C(C)C)O1. The fourth-order valence-electron chi connectivity index (χ4n) is 3.87. The number of hydrogen-bond donors (Lipinski definition) is 1. The zero-order valence-corrected chi connectivity index (χ0v) is 20.1. The summed E-state index contributed by atoms with van der Waals surface area (Å²) in [7, 11) is -0.571. The zero-order chi connectivity index (χ0) is 23.3. The summed E-state index contributed by atoms with van der Waals surface area (Å²) in [6.45, 7) is 13.8. The first-order chi connectivity index (χ1) is 14.5. The molecule has 170 valence electrons. The molecule has 1 aliphatic carbocycles. The lowest BCUT2D eigenvalue weighted by Gasteiger charge is -2.33. The Morgan fingerprint density at radius 3 is 2.35 bits per heavy atom.